The van der Waals surface area contributed by atoms with Gasteiger partial charge < -0.3 is 10.2 Å². The molecule has 1 aromatic rings. The normalized spacial score (nSPS) is 17.4. The van der Waals surface area contributed by atoms with E-state index in [0.29, 0.717) is 11.9 Å². The van der Waals surface area contributed by atoms with Crippen molar-refractivity contribution in [3.8, 4) is 0 Å². The first-order valence-electron chi connectivity index (χ1n) is 6.77. The molecule has 2 heterocycles. The van der Waals surface area contributed by atoms with Crippen LogP contribution in [0.25, 0.3) is 0 Å². The van der Waals surface area contributed by atoms with Gasteiger partial charge in [0.1, 0.15) is 0 Å². The second-order valence-electron chi connectivity index (χ2n) is 4.95. The maximum atomic E-state index is 11.5. The smallest absolute Gasteiger partial charge is 0.222 e. The van der Waals surface area contributed by atoms with E-state index < -0.39 is 0 Å². The predicted molar refractivity (Wildman–Crippen MR) is 75.8 cm³/mol. The van der Waals surface area contributed by atoms with Crippen molar-refractivity contribution in [2.24, 2.45) is 0 Å². The van der Waals surface area contributed by atoms with Crippen LogP contribution in [0.3, 0.4) is 0 Å². The van der Waals surface area contributed by atoms with Gasteiger partial charge in [-0.15, -0.1) is 11.3 Å². The molecular weight excluding hydrogens is 244 g/mol. The van der Waals surface area contributed by atoms with Gasteiger partial charge in [0.2, 0.25) is 5.91 Å². The van der Waals surface area contributed by atoms with Crippen LogP contribution >= 0.6 is 11.3 Å². The Kier molecular flexibility index (Phi) is 4.78. The molecular formula is C14H22N2OS. The minimum absolute atomic E-state index is 0.313. The molecule has 0 aliphatic carbocycles. The highest BCUT2D eigenvalue weighted by molar-refractivity contribution is 7.11. The molecule has 1 aromatic heterocycles. The minimum Gasteiger partial charge on any atom is -0.341 e. The average molecular weight is 266 g/mol. The summed E-state index contributed by atoms with van der Waals surface area (Å²) in [7, 11) is 0. The van der Waals surface area contributed by atoms with Gasteiger partial charge in [-0.25, -0.2) is 0 Å². The minimum atomic E-state index is 0.313. The lowest BCUT2D eigenvalue weighted by Gasteiger charge is -2.21. The van der Waals surface area contributed by atoms with Crippen molar-refractivity contribution in [2.45, 2.75) is 45.7 Å². The van der Waals surface area contributed by atoms with Gasteiger partial charge in [-0.2, -0.15) is 0 Å². The van der Waals surface area contributed by atoms with Crippen molar-refractivity contribution in [3.05, 3.63) is 21.9 Å². The van der Waals surface area contributed by atoms with Crippen molar-refractivity contribution in [3.63, 3.8) is 0 Å². The number of nitrogens with zero attached hydrogens (tertiary/aromatic N) is 1. The molecule has 4 heteroatoms. The summed E-state index contributed by atoms with van der Waals surface area (Å²) >= 11 is 1.88. The van der Waals surface area contributed by atoms with E-state index in [1.54, 1.807) is 0 Å². The zero-order valence-electron chi connectivity index (χ0n) is 11.2. The molecule has 1 fully saturated rings. The third kappa shape index (κ3) is 3.56. The molecule has 1 aliphatic rings. The van der Waals surface area contributed by atoms with E-state index in [0.717, 1.165) is 38.9 Å². The topological polar surface area (TPSA) is 32.3 Å². The summed E-state index contributed by atoms with van der Waals surface area (Å²) in [5.74, 6) is 0.313. The van der Waals surface area contributed by atoms with Crippen LogP contribution in [0.15, 0.2) is 12.1 Å². The van der Waals surface area contributed by atoms with E-state index in [1.807, 2.05) is 16.2 Å². The van der Waals surface area contributed by atoms with Crippen molar-refractivity contribution in [1.82, 2.24) is 10.2 Å². The van der Waals surface area contributed by atoms with Gasteiger partial charge in [-0.05, 0) is 31.9 Å². The second-order valence-corrected chi connectivity index (χ2v) is 6.20. The van der Waals surface area contributed by atoms with Crippen LogP contribution in [-0.2, 0) is 17.8 Å². The molecule has 0 radical (unpaired) electrons. The Morgan fingerprint density at radius 3 is 2.83 bits per heavy atom. The van der Waals surface area contributed by atoms with E-state index in [1.165, 1.54) is 9.75 Å². The third-order valence-electron chi connectivity index (χ3n) is 3.36. The monoisotopic (exact) mass is 266 g/mol. The highest BCUT2D eigenvalue weighted by Gasteiger charge is 2.21. The fourth-order valence-corrected chi connectivity index (χ4v) is 3.18. The molecule has 1 aliphatic heterocycles. The number of hydrogen-bond acceptors (Lipinski definition) is 3. The molecule has 1 saturated heterocycles. The number of amides is 1. The van der Waals surface area contributed by atoms with Crippen LogP contribution in [0.1, 0.15) is 36.4 Å². The van der Waals surface area contributed by atoms with Gasteiger partial charge in [0.05, 0.1) is 0 Å². The lowest BCUT2D eigenvalue weighted by Crippen LogP contribution is -2.39. The summed E-state index contributed by atoms with van der Waals surface area (Å²) < 4.78 is 0. The zero-order chi connectivity index (χ0) is 13.0. The quantitative estimate of drug-likeness (QED) is 0.857. The summed E-state index contributed by atoms with van der Waals surface area (Å²) in [4.78, 5) is 16.3. The molecule has 3 nitrogen and oxygen atoms in total. The van der Waals surface area contributed by atoms with Crippen LogP contribution in [0, 0.1) is 0 Å². The summed E-state index contributed by atoms with van der Waals surface area (Å²) in [6.07, 6.45) is 2.87. The standard InChI is InChI=1S/C14H22N2OS/c1-3-12-6-7-13(18-12)9-15-11(2)10-16-8-4-5-14(16)17/h6-7,11,15H,3-5,8-10H2,1-2H3. The predicted octanol–water partition coefficient (Wildman–Crippen LogP) is 2.41. The Labute approximate surface area is 113 Å². The van der Waals surface area contributed by atoms with E-state index in [2.05, 4.69) is 31.3 Å². The number of thiophene rings is 1. The molecule has 0 saturated carbocycles. The number of carbonyl (C=O) groups excluding carboxylic acids is 1. The Morgan fingerprint density at radius 2 is 2.22 bits per heavy atom. The van der Waals surface area contributed by atoms with Crippen molar-refractivity contribution in [1.29, 1.82) is 0 Å². The average Bonchev–Trinajstić information content (AvgIpc) is 2.97. The highest BCUT2D eigenvalue weighted by atomic mass is 32.1. The molecule has 18 heavy (non-hydrogen) atoms. The number of aryl methyl sites for hydroxylation is 1. The number of rotatable bonds is 6. The molecule has 1 N–H and O–H groups in total. The fourth-order valence-electron chi connectivity index (χ4n) is 2.27. The summed E-state index contributed by atoms with van der Waals surface area (Å²) in [6, 6.07) is 4.76. The number of hydrogen-bond donors (Lipinski definition) is 1. The van der Waals surface area contributed by atoms with Crippen molar-refractivity contribution >= 4 is 17.2 Å². The SMILES string of the molecule is CCc1ccc(CNC(C)CN2CCCC2=O)s1. The van der Waals surface area contributed by atoms with Crippen molar-refractivity contribution in [2.75, 3.05) is 13.1 Å². The fraction of sp³-hybridized carbons (Fsp3) is 0.643. The lowest BCUT2D eigenvalue weighted by atomic mass is 10.3. The second kappa shape index (κ2) is 6.34. The Hall–Kier alpha value is -0.870. The summed E-state index contributed by atoms with van der Waals surface area (Å²) in [6.45, 7) is 7.02. The van der Waals surface area contributed by atoms with Crippen LogP contribution in [0.4, 0.5) is 0 Å². The van der Waals surface area contributed by atoms with Gasteiger partial charge in [0.15, 0.2) is 0 Å². The molecule has 1 amide bonds. The molecule has 100 valence electrons. The van der Waals surface area contributed by atoms with Gasteiger partial charge in [0, 0.05) is 41.9 Å². The van der Waals surface area contributed by atoms with E-state index in [-0.39, 0.29) is 0 Å². The Balaban J connectivity index is 1.74. The van der Waals surface area contributed by atoms with Gasteiger partial charge >= 0.3 is 0 Å². The van der Waals surface area contributed by atoms with E-state index in [4.69, 9.17) is 0 Å². The first-order valence-corrected chi connectivity index (χ1v) is 7.59. The molecule has 2 rings (SSSR count). The van der Waals surface area contributed by atoms with Crippen LogP contribution in [-0.4, -0.2) is 29.9 Å². The molecule has 1 atom stereocenters. The number of nitrogens with one attached hydrogen (secondary N) is 1. The first-order chi connectivity index (χ1) is 8.69. The van der Waals surface area contributed by atoms with E-state index >= 15 is 0 Å². The van der Waals surface area contributed by atoms with E-state index in [9.17, 15) is 4.79 Å². The Morgan fingerprint density at radius 1 is 1.44 bits per heavy atom. The van der Waals surface area contributed by atoms with Gasteiger partial charge in [-0.1, -0.05) is 6.92 Å². The molecule has 0 aromatic carbocycles. The first kappa shape index (κ1) is 13.6. The molecule has 1 unspecified atom stereocenters. The van der Waals surface area contributed by atoms with Gasteiger partial charge in [-0.3, -0.25) is 4.79 Å². The maximum Gasteiger partial charge on any atom is 0.222 e. The van der Waals surface area contributed by atoms with Crippen LogP contribution < -0.4 is 5.32 Å². The molecule has 0 spiro atoms. The maximum absolute atomic E-state index is 11.5. The number of carbonyl (C=O) groups is 1. The van der Waals surface area contributed by atoms with Crippen molar-refractivity contribution < 1.29 is 4.79 Å². The Bertz CT molecular complexity index is 402. The summed E-state index contributed by atoms with van der Waals surface area (Å²) in [5, 5.41) is 3.50. The van der Waals surface area contributed by atoms with Crippen LogP contribution in [0.2, 0.25) is 0 Å². The lowest BCUT2D eigenvalue weighted by molar-refractivity contribution is -0.127. The van der Waals surface area contributed by atoms with Crippen LogP contribution in [0.5, 0.6) is 0 Å². The zero-order valence-corrected chi connectivity index (χ0v) is 12.1. The summed E-state index contributed by atoms with van der Waals surface area (Å²) in [5.41, 5.74) is 0. The largest absolute Gasteiger partial charge is 0.341 e. The third-order valence-corrected chi connectivity index (χ3v) is 4.59. The highest BCUT2D eigenvalue weighted by Crippen LogP contribution is 2.17. The van der Waals surface area contributed by atoms with Gasteiger partial charge in [0.25, 0.3) is 0 Å². The molecule has 0 bridgehead atoms. The number of likely N-dealkylation sites (tertiary alicyclic amines) is 1.